The van der Waals surface area contributed by atoms with Crippen LogP contribution < -0.4 is 0 Å². The average molecular weight is 698 g/mol. The van der Waals surface area contributed by atoms with Crippen LogP contribution in [0.1, 0.15) is 88.0 Å². The summed E-state index contributed by atoms with van der Waals surface area (Å²) in [6.45, 7) is 16.4. The van der Waals surface area contributed by atoms with Gasteiger partial charge in [0.25, 0.3) is 0 Å². The van der Waals surface area contributed by atoms with E-state index in [1.165, 1.54) is 13.8 Å². The third-order valence-electron chi connectivity index (χ3n) is 10.9. The minimum Gasteiger partial charge on any atom is -0.462 e. The smallest absolute Gasteiger partial charge is 0.311 e. The van der Waals surface area contributed by atoms with Gasteiger partial charge in [0.15, 0.2) is 30.1 Å². The third kappa shape index (κ3) is 9.39. The number of nitrogens with zero attached hydrogens (tertiary/aromatic N) is 1. The summed E-state index contributed by atoms with van der Waals surface area (Å²) in [6.07, 6.45) is -2.90. The Balaban J connectivity index is 1.78. The normalized spacial score (nSPS) is 43.9. The number of hydrogen-bond acceptors (Lipinski definition) is 13. The first kappa shape index (κ1) is 39.6. The molecule has 0 radical (unpaired) electrons. The monoisotopic (exact) mass is 697 g/mol. The van der Waals surface area contributed by atoms with Crippen LogP contribution in [0, 0.1) is 29.6 Å². The van der Waals surface area contributed by atoms with E-state index in [2.05, 4.69) is 0 Å². The fraction of sp³-hybridized carbons (Fsp3) is 0.889. The van der Waals surface area contributed by atoms with Gasteiger partial charge in [0, 0.05) is 38.7 Å². The van der Waals surface area contributed by atoms with Gasteiger partial charge in [0.2, 0.25) is 0 Å². The van der Waals surface area contributed by atoms with Crippen LogP contribution in [0.2, 0.25) is 0 Å². The highest BCUT2D eigenvalue weighted by Crippen LogP contribution is 2.43. The molecule has 15 atom stereocenters. The number of rotatable bonds is 7. The fourth-order valence-electron chi connectivity index (χ4n) is 7.91. The van der Waals surface area contributed by atoms with Crippen LogP contribution in [0.25, 0.3) is 0 Å². The van der Waals surface area contributed by atoms with Crippen LogP contribution in [0.5, 0.6) is 0 Å². The lowest BCUT2D eigenvalue weighted by Crippen LogP contribution is -2.58. The maximum atomic E-state index is 14.2. The molecular formula is C36H59NO12. The molecular weight excluding hydrogens is 638 g/mol. The predicted octanol–water partition coefficient (Wildman–Crippen LogP) is 3.68. The van der Waals surface area contributed by atoms with Crippen molar-refractivity contribution >= 4 is 23.7 Å². The molecule has 1 spiro atoms. The summed E-state index contributed by atoms with van der Waals surface area (Å²) in [6, 6.07) is -0.183. The van der Waals surface area contributed by atoms with Crippen LogP contribution in [0.4, 0.5) is 0 Å². The molecule has 0 aromatic carbocycles. The molecule has 13 nitrogen and oxygen atoms in total. The summed E-state index contributed by atoms with van der Waals surface area (Å²) in [5.41, 5.74) is -1.11. The zero-order valence-electron chi connectivity index (χ0n) is 31.2. The molecule has 4 aliphatic heterocycles. The van der Waals surface area contributed by atoms with Gasteiger partial charge in [-0.1, -0.05) is 27.7 Å². The Morgan fingerprint density at radius 1 is 0.837 bits per heavy atom. The van der Waals surface area contributed by atoms with E-state index in [9.17, 15) is 19.2 Å². The van der Waals surface area contributed by atoms with E-state index in [1.807, 2.05) is 46.7 Å². The SMILES string of the molecule is CC(=O)O[C@H]1[C@H](O[C@@H]2[C@@H](C)[C@@H](O[C@H]3CCCO3)[C@@H](C)C(=O)O[C@@H](C)[C@H](C)[C@H](OC(C)=O)[C@@H](C)C(=O)[C@]3(CO3)C[C@@H]2C)O[C@H](C)C[C@H]1N(C)C. The lowest BCUT2D eigenvalue weighted by atomic mass is 9.76. The van der Waals surface area contributed by atoms with Gasteiger partial charge in [-0.15, -0.1) is 0 Å². The van der Waals surface area contributed by atoms with Gasteiger partial charge in [0.05, 0.1) is 42.8 Å². The third-order valence-corrected chi connectivity index (χ3v) is 10.9. The summed E-state index contributed by atoms with van der Waals surface area (Å²) < 4.78 is 49.3. The second-order valence-corrected chi connectivity index (χ2v) is 15.1. The molecule has 4 fully saturated rings. The standard InChI is InChI=1S/C36H59NO12/c1-18-16-36(17-43-36)33(40)22(5)30(46-25(8)38)20(3)24(7)45-34(41)23(6)31(48-28-13-12-14-42-28)21(4)29(18)49-35-32(47-26(9)39)27(37(10)11)15-19(2)44-35/h18-24,27-32,35H,12-17H2,1-11H3/t18-,19+,20-,21+,22+,23+,24-,27+,28-,29-,30-,31+,32+,35-,36+/m0/s1. The van der Waals surface area contributed by atoms with Crippen molar-refractivity contribution < 1.29 is 57.1 Å². The first-order valence-corrected chi connectivity index (χ1v) is 17.9. The summed E-state index contributed by atoms with van der Waals surface area (Å²) in [4.78, 5) is 54.7. The maximum absolute atomic E-state index is 14.2. The number of ketones is 1. The first-order valence-electron chi connectivity index (χ1n) is 17.9. The van der Waals surface area contributed by atoms with Gasteiger partial charge in [-0.3, -0.25) is 19.2 Å². The highest BCUT2D eigenvalue weighted by atomic mass is 16.7. The van der Waals surface area contributed by atoms with Crippen molar-refractivity contribution in [3.63, 3.8) is 0 Å². The lowest BCUT2D eigenvalue weighted by Gasteiger charge is -2.46. The van der Waals surface area contributed by atoms with Crippen molar-refractivity contribution in [2.24, 2.45) is 29.6 Å². The Hall–Kier alpha value is -2.16. The van der Waals surface area contributed by atoms with Crippen LogP contribution in [-0.4, -0.2) is 117 Å². The van der Waals surface area contributed by atoms with E-state index >= 15 is 0 Å². The predicted molar refractivity (Wildman–Crippen MR) is 176 cm³/mol. The van der Waals surface area contributed by atoms with Gasteiger partial charge < -0.3 is 42.8 Å². The summed E-state index contributed by atoms with van der Waals surface area (Å²) in [7, 11) is 3.85. The second-order valence-electron chi connectivity index (χ2n) is 15.1. The molecule has 0 N–H and O–H groups in total. The summed E-state index contributed by atoms with van der Waals surface area (Å²) >= 11 is 0. The molecule has 4 rings (SSSR count). The molecule has 4 aliphatic rings. The maximum Gasteiger partial charge on any atom is 0.311 e. The summed E-state index contributed by atoms with van der Waals surface area (Å²) in [5, 5.41) is 0. The molecule has 4 saturated heterocycles. The fourth-order valence-corrected chi connectivity index (χ4v) is 7.91. The highest BCUT2D eigenvalue weighted by molar-refractivity contribution is 5.92. The van der Waals surface area contributed by atoms with Crippen molar-refractivity contribution in [2.45, 2.75) is 149 Å². The molecule has 0 aromatic heterocycles. The Bertz CT molecular complexity index is 1170. The Kier molecular flexibility index (Phi) is 13.3. The quantitative estimate of drug-likeness (QED) is 0.217. The lowest BCUT2D eigenvalue weighted by molar-refractivity contribution is -0.290. The number of hydrogen-bond donors (Lipinski definition) is 0. The summed E-state index contributed by atoms with van der Waals surface area (Å²) in [5.74, 6) is -4.44. The van der Waals surface area contributed by atoms with Gasteiger partial charge in [0.1, 0.15) is 12.2 Å². The molecule has 0 saturated carbocycles. The van der Waals surface area contributed by atoms with Crippen LogP contribution in [0.3, 0.4) is 0 Å². The topological polar surface area (TPSA) is 149 Å². The van der Waals surface area contributed by atoms with Gasteiger partial charge in [-0.25, -0.2) is 0 Å². The van der Waals surface area contributed by atoms with E-state index < -0.39 is 90.3 Å². The van der Waals surface area contributed by atoms with E-state index in [-0.39, 0.29) is 30.5 Å². The molecule has 13 heteroatoms. The minimum atomic E-state index is -1.11. The van der Waals surface area contributed by atoms with E-state index in [0.717, 1.165) is 6.42 Å². The Morgan fingerprint density at radius 2 is 1.47 bits per heavy atom. The number of carbonyl (C=O) groups is 4. The molecule has 4 heterocycles. The van der Waals surface area contributed by atoms with E-state index in [4.69, 9.17) is 37.9 Å². The second kappa shape index (κ2) is 16.5. The number of esters is 3. The Labute approximate surface area is 291 Å². The number of cyclic esters (lactones) is 1. The number of epoxide rings is 1. The van der Waals surface area contributed by atoms with Gasteiger partial charge in [-0.2, -0.15) is 0 Å². The average Bonchev–Trinajstić information content (AvgIpc) is 3.61. The van der Waals surface area contributed by atoms with Crippen molar-refractivity contribution in [1.82, 2.24) is 4.90 Å². The van der Waals surface area contributed by atoms with E-state index in [1.54, 1.807) is 20.8 Å². The molecule has 49 heavy (non-hydrogen) atoms. The molecule has 0 aromatic rings. The zero-order chi connectivity index (χ0) is 36.4. The minimum absolute atomic E-state index is 0.183. The first-order chi connectivity index (χ1) is 22.9. The largest absolute Gasteiger partial charge is 0.462 e. The number of ether oxygens (including phenoxy) is 8. The highest BCUT2D eigenvalue weighted by Gasteiger charge is 2.58. The molecule has 0 unspecified atom stereocenters. The Morgan fingerprint density at radius 3 is 2.02 bits per heavy atom. The van der Waals surface area contributed by atoms with E-state index in [0.29, 0.717) is 25.9 Å². The van der Waals surface area contributed by atoms with Crippen molar-refractivity contribution in [3.05, 3.63) is 0 Å². The molecule has 280 valence electrons. The zero-order valence-corrected chi connectivity index (χ0v) is 31.2. The van der Waals surface area contributed by atoms with Crippen LogP contribution in [-0.2, 0) is 57.1 Å². The number of carbonyl (C=O) groups excluding carboxylic acids is 4. The van der Waals surface area contributed by atoms with Crippen molar-refractivity contribution in [3.8, 4) is 0 Å². The van der Waals surface area contributed by atoms with Gasteiger partial charge in [-0.05, 0) is 60.0 Å². The molecule has 0 amide bonds. The number of Topliss-reactive ketones (excluding diaryl/α,β-unsaturated/α-hetero) is 1. The van der Waals surface area contributed by atoms with Crippen molar-refractivity contribution in [2.75, 3.05) is 27.3 Å². The number of likely N-dealkylation sites (N-methyl/N-ethyl adjacent to an activating group) is 1. The van der Waals surface area contributed by atoms with Crippen LogP contribution in [0.15, 0.2) is 0 Å². The van der Waals surface area contributed by atoms with Gasteiger partial charge >= 0.3 is 17.9 Å². The van der Waals surface area contributed by atoms with Crippen LogP contribution >= 0.6 is 0 Å². The van der Waals surface area contributed by atoms with Crippen molar-refractivity contribution in [1.29, 1.82) is 0 Å². The molecule has 0 aliphatic carbocycles. The molecule has 0 bridgehead atoms.